The molecule has 0 saturated heterocycles. The molecule has 0 amide bonds. The fourth-order valence-electron chi connectivity index (χ4n) is 2.52. The van der Waals surface area contributed by atoms with Crippen LogP contribution in [0.15, 0.2) is 70.9 Å². The normalized spacial score (nSPS) is 17.7. The van der Waals surface area contributed by atoms with Crippen LogP contribution in [0.1, 0.15) is 11.1 Å². The van der Waals surface area contributed by atoms with Crippen LogP contribution in [0.25, 0.3) is 6.08 Å². The number of fused-ring (bicyclic) bond motifs is 1. The van der Waals surface area contributed by atoms with Gasteiger partial charge in [0.25, 0.3) is 0 Å². The second kappa shape index (κ2) is 5.77. The SMILES string of the molecule is O=C1OC(c2ccc(F)cc2)=NC1=CC1=Cc2ccccc2OC1. The molecule has 2 aromatic carbocycles. The smallest absolute Gasteiger partial charge is 0.363 e. The summed E-state index contributed by atoms with van der Waals surface area (Å²) in [5, 5.41) is 0. The largest absolute Gasteiger partial charge is 0.488 e. The van der Waals surface area contributed by atoms with Crippen molar-refractivity contribution >= 4 is 17.9 Å². The highest BCUT2D eigenvalue weighted by Gasteiger charge is 2.25. The minimum absolute atomic E-state index is 0.170. The molecule has 2 aliphatic rings. The summed E-state index contributed by atoms with van der Waals surface area (Å²) in [5.41, 5.74) is 2.52. The topological polar surface area (TPSA) is 47.9 Å². The number of ether oxygens (including phenoxy) is 2. The van der Waals surface area contributed by atoms with Crippen LogP contribution in [-0.4, -0.2) is 18.5 Å². The van der Waals surface area contributed by atoms with Gasteiger partial charge in [-0.1, -0.05) is 18.2 Å². The lowest BCUT2D eigenvalue weighted by molar-refractivity contribution is -0.130. The fraction of sp³-hybridized carbons (Fsp3) is 0.0526. The first-order valence-corrected chi connectivity index (χ1v) is 7.40. The maximum absolute atomic E-state index is 13.0. The zero-order chi connectivity index (χ0) is 16.5. The lowest BCUT2D eigenvalue weighted by Crippen LogP contribution is -2.08. The number of hydrogen-bond donors (Lipinski definition) is 0. The predicted octanol–water partition coefficient (Wildman–Crippen LogP) is 3.49. The van der Waals surface area contributed by atoms with Gasteiger partial charge in [-0.25, -0.2) is 14.2 Å². The summed E-state index contributed by atoms with van der Waals surface area (Å²) >= 11 is 0. The van der Waals surface area contributed by atoms with Gasteiger partial charge in [0, 0.05) is 11.1 Å². The number of hydrogen-bond acceptors (Lipinski definition) is 4. The average molecular weight is 321 g/mol. The first-order chi connectivity index (χ1) is 11.7. The van der Waals surface area contributed by atoms with Crippen LogP contribution in [0.2, 0.25) is 0 Å². The van der Waals surface area contributed by atoms with Gasteiger partial charge >= 0.3 is 5.97 Å². The molecule has 4 nitrogen and oxygen atoms in total. The summed E-state index contributed by atoms with van der Waals surface area (Å²) in [5.74, 6) is 0.0878. The van der Waals surface area contributed by atoms with E-state index in [4.69, 9.17) is 9.47 Å². The molecule has 0 saturated carbocycles. The van der Waals surface area contributed by atoms with Crippen LogP contribution >= 0.6 is 0 Å². The van der Waals surface area contributed by atoms with Gasteiger partial charge in [-0.05, 0) is 48.1 Å². The van der Waals surface area contributed by atoms with E-state index in [1.807, 2.05) is 30.3 Å². The first kappa shape index (κ1) is 14.4. The Kier molecular flexibility index (Phi) is 3.46. The number of halogens is 1. The monoisotopic (exact) mass is 321 g/mol. The Bertz CT molecular complexity index is 910. The molecule has 0 aliphatic carbocycles. The molecule has 2 aromatic rings. The van der Waals surface area contributed by atoms with Crippen molar-refractivity contribution < 1.29 is 18.7 Å². The molecule has 0 N–H and O–H groups in total. The zero-order valence-electron chi connectivity index (χ0n) is 12.5. The van der Waals surface area contributed by atoms with Gasteiger partial charge in [-0.3, -0.25) is 0 Å². The van der Waals surface area contributed by atoms with E-state index in [2.05, 4.69) is 4.99 Å². The lowest BCUT2D eigenvalue weighted by atomic mass is 10.1. The third-order valence-electron chi connectivity index (χ3n) is 3.69. The van der Waals surface area contributed by atoms with Crippen LogP contribution in [-0.2, 0) is 9.53 Å². The Hall–Kier alpha value is -3.21. The Morgan fingerprint density at radius 2 is 1.88 bits per heavy atom. The highest BCUT2D eigenvalue weighted by Crippen LogP contribution is 2.27. The van der Waals surface area contributed by atoms with Crippen LogP contribution in [0, 0.1) is 5.82 Å². The van der Waals surface area contributed by atoms with Crippen LogP contribution in [0.3, 0.4) is 0 Å². The number of para-hydroxylation sites is 1. The van der Waals surface area contributed by atoms with E-state index in [1.54, 1.807) is 6.08 Å². The number of carbonyl (C=O) groups is 1. The molecule has 0 radical (unpaired) electrons. The molecule has 4 rings (SSSR count). The van der Waals surface area contributed by atoms with E-state index in [9.17, 15) is 9.18 Å². The molecule has 0 aromatic heterocycles. The molecule has 24 heavy (non-hydrogen) atoms. The summed E-state index contributed by atoms with van der Waals surface area (Å²) < 4.78 is 23.8. The molecule has 5 heteroatoms. The molecule has 2 heterocycles. The number of nitrogens with zero attached hydrogens (tertiary/aromatic N) is 1. The van der Waals surface area contributed by atoms with Gasteiger partial charge < -0.3 is 9.47 Å². The first-order valence-electron chi connectivity index (χ1n) is 7.40. The maximum atomic E-state index is 13.0. The van der Waals surface area contributed by atoms with Gasteiger partial charge in [-0.15, -0.1) is 0 Å². The van der Waals surface area contributed by atoms with Crippen LogP contribution < -0.4 is 4.74 Å². The molecule has 0 fully saturated rings. The Morgan fingerprint density at radius 3 is 2.71 bits per heavy atom. The van der Waals surface area contributed by atoms with E-state index >= 15 is 0 Å². The molecule has 2 aliphatic heterocycles. The highest BCUT2D eigenvalue weighted by molar-refractivity contribution is 6.11. The molecule has 0 bridgehead atoms. The van der Waals surface area contributed by atoms with Crippen molar-refractivity contribution in [2.75, 3.05) is 6.61 Å². The number of aliphatic imine (C=N–C) groups is 1. The fourth-order valence-corrected chi connectivity index (χ4v) is 2.52. The van der Waals surface area contributed by atoms with E-state index in [0.29, 0.717) is 12.2 Å². The van der Waals surface area contributed by atoms with Crippen LogP contribution in [0.5, 0.6) is 5.75 Å². The molecule has 0 unspecified atom stereocenters. The Labute approximate surface area is 137 Å². The zero-order valence-corrected chi connectivity index (χ0v) is 12.5. The quantitative estimate of drug-likeness (QED) is 0.628. The Morgan fingerprint density at radius 1 is 1.08 bits per heavy atom. The number of rotatable bonds is 2. The number of benzene rings is 2. The molecule has 118 valence electrons. The van der Waals surface area contributed by atoms with Crippen molar-refractivity contribution in [2.24, 2.45) is 4.99 Å². The van der Waals surface area contributed by atoms with Gasteiger partial charge in [0.2, 0.25) is 5.90 Å². The van der Waals surface area contributed by atoms with Crippen molar-refractivity contribution in [3.05, 3.63) is 82.8 Å². The second-order valence-electron chi connectivity index (χ2n) is 5.39. The minimum atomic E-state index is -0.533. The standard InChI is InChI=1S/C19H12FNO3/c20-15-7-5-13(6-8-15)18-21-16(19(22)24-18)10-12-9-14-3-1-2-4-17(14)23-11-12/h1-10H,11H2. The summed E-state index contributed by atoms with van der Waals surface area (Å²) in [4.78, 5) is 16.2. The number of cyclic esters (lactones) is 1. The van der Waals surface area contributed by atoms with Gasteiger partial charge in [0.05, 0.1) is 0 Å². The van der Waals surface area contributed by atoms with Crippen LogP contribution in [0.4, 0.5) is 4.39 Å². The summed E-state index contributed by atoms with van der Waals surface area (Å²) in [6.07, 6.45) is 3.60. The summed E-state index contributed by atoms with van der Waals surface area (Å²) in [6.45, 7) is 0.356. The average Bonchev–Trinajstić information content (AvgIpc) is 2.96. The summed E-state index contributed by atoms with van der Waals surface area (Å²) in [7, 11) is 0. The molecular formula is C19H12FNO3. The Balaban J connectivity index is 1.64. The van der Waals surface area contributed by atoms with Gasteiger partial charge in [0.15, 0.2) is 5.70 Å². The van der Waals surface area contributed by atoms with E-state index in [1.165, 1.54) is 24.3 Å². The van der Waals surface area contributed by atoms with Crippen molar-refractivity contribution in [3.8, 4) is 5.75 Å². The molecular weight excluding hydrogens is 309 g/mol. The second-order valence-corrected chi connectivity index (χ2v) is 5.39. The van der Waals surface area contributed by atoms with E-state index < -0.39 is 5.97 Å². The highest BCUT2D eigenvalue weighted by atomic mass is 19.1. The van der Waals surface area contributed by atoms with Crippen molar-refractivity contribution in [1.29, 1.82) is 0 Å². The number of esters is 1. The van der Waals surface area contributed by atoms with Gasteiger partial charge in [0.1, 0.15) is 18.2 Å². The maximum Gasteiger partial charge on any atom is 0.363 e. The van der Waals surface area contributed by atoms with E-state index in [-0.39, 0.29) is 17.4 Å². The van der Waals surface area contributed by atoms with Crippen molar-refractivity contribution in [2.45, 2.75) is 0 Å². The third kappa shape index (κ3) is 2.72. The third-order valence-corrected chi connectivity index (χ3v) is 3.69. The van der Waals surface area contributed by atoms with Crippen molar-refractivity contribution in [3.63, 3.8) is 0 Å². The predicted molar refractivity (Wildman–Crippen MR) is 87.0 cm³/mol. The minimum Gasteiger partial charge on any atom is -0.488 e. The summed E-state index contributed by atoms with van der Waals surface area (Å²) in [6, 6.07) is 13.3. The number of carbonyl (C=O) groups excluding carboxylic acids is 1. The lowest BCUT2D eigenvalue weighted by Gasteiger charge is -2.15. The van der Waals surface area contributed by atoms with Crippen molar-refractivity contribution in [1.82, 2.24) is 0 Å². The molecule has 0 atom stereocenters. The van der Waals surface area contributed by atoms with E-state index in [0.717, 1.165) is 16.9 Å². The molecule has 0 spiro atoms. The van der Waals surface area contributed by atoms with Gasteiger partial charge in [-0.2, -0.15) is 0 Å².